The molecule has 15 heavy (non-hydrogen) atoms. The predicted octanol–water partition coefficient (Wildman–Crippen LogP) is 4.93. The fourth-order valence-electron chi connectivity index (χ4n) is 1.70. The summed E-state index contributed by atoms with van der Waals surface area (Å²) in [4.78, 5) is 0. The van der Waals surface area contributed by atoms with Crippen molar-refractivity contribution in [1.82, 2.24) is 0 Å². The molecule has 0 aliphatic rings. The first-order valence-corrected chi connectivity index (χ1v) is 6.48. The van der Waals surface area contributed by atoms with E-state index in [-0.39, 0.29) is 0 Å². The molecule has 0 saturated carbocycles. The zero-order valence-corrected chi connectivity index (χ0v) is 10.7. The van der Waals surface area contributed by atoms with Gasteiger partial charge in [-0.1, -0.05) is 49.6 Å². The third-order valence-electron chi connectivity index (χ3n) is 2.65. The van der Waals surface area contributed by atoms with Crippen LogP contribution >= 0.6 is 23.2 Å². The summed E-state index contributed by atoms with van der Waals surface area (Å²) in [6, 6.07) is 8.04. The van der Waals surface area contributed by atoms with E-state index in [4.69, 9.17) is 23.2 Å². The molecule has 0 aromatic heterocycles. The van der Waals surface area contributed by atoms with E-state index in [0.29, 0.717) is 5.92 Å². The van der Waals surface area contributed by atoms with Gasteiger partial charge in [-0.25, -0.2) is 0 Å². The quantitative estimate of drug-likeness (QED) is 0.623. The summed E-state index contributed by atoms with van der Waals surface area (Å²) in [5.74, 6) is 1.29. The second kappa shape index (κ2) is 7.14. The van der Waals surface area contributed by atoms with Gasteiger partial charge < -0.3 is 0 Å². The van der Waals surface area contributed by atoms with Crippen molar-refractivity contribution < 1.29 is 0 Å². The normalized spacial score (nSPS) is 12.7. The van der Waals surface area contributed by atoms with Crippen LogP contribution in [0.3, 0.4) is 0 Å². The molecule has 1 rings (SSSR count). The summed E-state index contributed by atoms with van der Waals surface area (Å²) in [6.07, 6.45) is 4.69. The van der Waals surface area contributed by atoms with Crippen molar-refractivity contribution >= 4 is 23.2 Å². The van der Waals surface area contributed by atoms with Gasteiger partial charge in [0.2, 0.25) is 0 Å². The molecule has 0 amide bonds. The number of hydrogen-bond acceptors (Lipinski definition) is 0. The van der Waals surface area contributed by atoms with Gasteiger partial charge in [-0.2, -0.15) is 0 Å². The Morgan fingerprint density at radius 3 is 2.60 bits per heavy atom. The Balaban J connectivity index is 2.54. The van der Waals surface area contributed by atoms with Gasteiger partial charge in [0, 0.05) is 10.9 Å². The second-order valence-electron chi connectivity index (χ2n) is 3.96. The highest BCUT2D eigenvalue weighted by atomic mass is 35.5. The highest BCUT2D eigenvalue weighted by Gasteiger charge is 2.09. The van der Waals surface area contributed by atoms with Gasteiger partial charge in [0.1, 0.15) is 0 Å². The first-order valence-electron chi connectivity index (χ1n) is 5.57. The van der Waals surface area contributed by atoms with E-state index < -0.39 is 0 Å². The third-order valence-corrected chi connectivity index (χ3v) is 3.46. The second-order valence-corrected chi connectivity index (χ2v) is 4.67. The van der Waals surface area contributed by atoms with E-state index in [2.05, 4.69) is 13.0 Å². The van der Waals surface area contributed by atoms with Gasteiger partial charge >= 0.3 is 0 Å². The minimum atomic E-state index is 0.562. The fraction of sp³-hybridized carbons (Fsp3) is 0.538. The first kappa shape index (κ1) is 12.9. The van der Waals surface area contributed by atoms with Crippen LogP contribution in [-0.4, -0.2) is 5.88 Å². The van der Waals surface area contributed by atoms with Crippen molar-refractivity contribution in [3.8, 4) is 0 Å². The molecular formula is C13H18Cl2. The van der Waals surface area contributed by atoms with Crippen LogP contribution in [0.2, 0.25) is 5.02 Å². The smallest absolute Gasteiger partial charge is 0.0438 e. The number of rotatable bonds is 6. The maximum absolute atomic E-state index is 6.12. The lowest BCUT2D eigenvalue weighted by Crippen LogP contribution is -2.06. The molecule has 1 atom stereocenters. The molecule has 84 valence electrons. The summed E-state index contributed by atoms with van der Waals surface area (Å²) in [6.45, 7) is 2.21. The summed E-state index contributed by atoms with van der Waals surface area (Å²) in [7, 11) is 0. The molecule has 1 unspecified atom stereocenters. The molecule has 0 nitrogen and oxygen atoms in total. The average molecular weight is 245 g/mol. The lowest BCUT2D eigenvalue weighted by Gasteiger charge is -2.14. The van der Waals surface area contributed by atoms with Crippen molar-refractivity contribution in [3.05, 3.63) is 34.9 Å². The Morgan fingerprint density at radius 1 is 1.27 bits per heavy atom. The van der Waals surface area contributed by atoms with E-state index in [0.717, 1.165) is 17.3 Å². The molecule has 0 bridgehead atoms. The van der Waals surface area contributed by atoms with E-state index in [1.54, 1.807) is 0 Å². The number of hydrogen-bond donors (Lipinski definition) is 0. The lowest BCUT2D eigenvalue weighted by molar-refractivity contribution is 0.509. The number of halogens is 2. The average Bonchev–Trinajstić information content (AvgIpc) is 2.26. The number of unbranched alkanes of at least 4 members (excludes halogenated alkanes) is 1. The highest BCUT2D eigenvalue weighted by molar-refractivity contribution is 6.31. The summed E-state index contributed by atoms with van der Waals surface area (Å²) >= 11 is 12.1. The Hall–Kier alpha value is -0.200. The molecular weight excluding hydrogens is 227 g/mol. The molecule has 1 aromatic carbocycles. The zero-order valence-electron chi connectivity index (χ0n) is 9.18. The van der Waals surface area contributed by atoms with Crippen LogP contribution in [0, 0.1) is 5.92 Å². The maximum atomic E-state index is 6.12. The Kier molecular flexibility index (Phi) is 6.12. The van der Waals surface area contributed by atoms with E-state index >= 15 is 0 Å². The molecule has 0 aliphatic carbocycles. The molecule has 0 radical (unpaired) electrons. The van der Waals surface area contributed by atoms with Crippen molar-refractivity contribution in [2.24, 2.45) is 5.92 Å². The summed E-state index contributed by atoms with van der Waals surface area (Å²) < 4.78 is 0. The summed E-state index contributed by atoms with van der Waals surface area (Å²) in [5, 5.41) is 0.865. The van der Waals surface area contributed by atoms with Gasteiger partial charge in [0.15, 0.2) is 0 Å². The van der Waals surface area contributed by atoms with Crippen LogP contribution < -0.4 is 0 Å². The van der Waals surface area contributed by atoms with Gasteiger partial charge in [0.05, 0.1) is 0 Å². The minimum absolute atomic E-state index is 0.562. The van der Waals surface area contributed by atoms with Crippen LogP contribution in [0.25, 0.3) is 0 Å². The largest absolute Gasteiger partial charge is 0.126 e. The van der Waals surface area contributed by atoms with Gasteiger partial charge in [-0.05, 0) is 30.4 Å². The van der Waals surface area contributed by atoms with Crippen LogP contribution in [0.5, 0.6) is 0 Å². The van der Waals surface area contributed by atoms with Crippen LogP contribution in [0.1, 0.15) is 31.7 Å². The van der Waals surface area contributed by atoms with Crippen LogP contribution in [-0.2, 0) is 6.42 Å². The molecule has 1 aromatic rings. The van der Waals surface area contributed by atoms with Gasteiger partial charge in [-0.3, -0.25) is 0 Å². The number of benzene rings is 1. The molecule has 0 N–H and O–H groups in total. The Labute approximate surface area is 103 Å². The standard InChI is InChI=1S/C13H18Cl2/c1-2-3-6-11(10-14)9-12-7-4-5-8-13(12)15/h4-5,7-8,11H,2-3,6,9-10H2,1H3. The molecule has 0 aliphatic heterocycles. The molecule has 0 spiro atoms. The van der Waals surface area contributed by atoms with Crippen molar-refractivity contribution in [2.75, 3.05) is 5.88 Å². The van der Waals surface area contributed by atoms with Crippen LogP contribution in [0.15, 0.2) is 24.3 Å². The third kappa shape index (κ3) is 4.44. The van der Waals surface area contributed by atoms with Crippen LogP contribution in [0.4, 0.5) is 0 Å². The maximum Gasteiger partial charge on any atom is 0.0438 e. The molecule has 2 heteroatoms. The topological polar surface area (TPSA) is 0 Å². The summed E-state index contributed by atoms with van der Waals surface area (Å²) in [5.41, 5.74) is 1.22. The first-order chi connectivity index (χ1) is 7.27. The molecule has 0 saturated heterocycles. The van der Waals surface area contributed by atoms with Gasteiger partial charge in [-0.15, -0.1) is 11.6 Å². The van der Waals surface area contributed by atoms with Gasteiger partial charge in [0.25, 0.3) is 0 Å². The molecule has 0 heterocycles. The monoisotopic (exact) mass is 244 g/mol. The SMILES string of the molecule is CCCCC(CCl)Cc1ccccc1Cl. The highest BCUT2D eigenvalue weighted by Crippen LogP contribution is 2.22. The fourth-order valence-corrected chi connectivity index (χ4v) is 2.18. The predicted molar refractivity (Wildman–Crippen MR) is 68.9 cm³/mol. The minimum Gasteiger partial charge on any atom is -0.126 e. The number of alkyl halides is 1. The van der Waals surface area contributed by atoms with E-state index in [1.165, 1.54) is 24.8 Å². The molecule has 0 fully saturated rings. The van der Waals surface area contributed by atoms with E-state index in [9.17, 15) is 0 Å². The van der Waals surface area contributed by atoms with Crippen molar-refractivity contribution in [3.63, 3.8) is 0 Å². The van der Waals surface area contributed by atoms with Crippen molar-refractivity contribution in [2.45, 2.75) is 32.6 Å². The lowest BCUT2D eigenvalue weighted by atomic mass is 9.96. The van der Waals surface area contributed by atoms with E-state index in [1.807, 2.05) is 18.2 Å². The van der Waals surface area contributed by atoms with Crippen molar-refractivity contribution in [1.29, 1.82) is 0 Å². The Bertz CT molecular complexity index is 284. The Morgan fingerprint density at radius 2 is 2.00 bits per heavy atom. The zero-order chi connectivity index (χ0) is 11.1.